The lowest BCUT2D eigenvalue weighted by molar-refractivity contribution is 0.523. The lowest BCUT2D eigenvalue weighted by Gasteiger charge is -2.14. The molecule has 0 N–H and O–H groups in total. The van der Waals surface area contributed by atoms with E-state index in [0.717, 1.165) is 0 Å². The zero-order chi connectivity index (χ0) is 19.3. The summed E-state index contributed by atoms with van der Waals surface area (Å²) in [7, 11) is -0.896. The molecule has 0 aromatic heterocycles. The van der Waals surface area contributed by atoms with E-state index in [1.807, 2.05) is 0 Å². The van der Waals surface area contributed by atoms with Crippen LogP contribution in [0, 0.1) is 6.04 Å². The Morgan fingerprint density at radius 2 is 0.692 bits per heavy atom. The van der Waals surface area contributed by atoms with Gasteiger partial charge in [-0.25, -0.2) is 0 Å². The van der Waals surface area contributed by atoms with Gasteiger partial charge in [0.05, 0.1) is 0 Å². The first-order valence-electron chi connectivity index (χ1n) is 12.4. The Labute approximate surface area is 169 Å². The normalized spacial score (nSPS) is 12.0. The van der Waals surface area contributed by atoms with Gasteiger partial charge in [0.1, 0.15) is 0 Å². The number of hydrogen-bond donors (Lipinski definition) is 0. The third kappa shape index (κ3) is 24.2. The van der Waals surface area contributed by atoms with Crippen LogP contribution in [-0.2, 0) is 0 Å². The van der Waals surface area contributed by atoms with Crippen LogP contribution >= 0.6 is 0 Å². The summed E-state index contributed by atoms with van der Waals surface area (Å²) in [5.41, 5.74) is 0. The Balaban J connectivity index is 3.01. The molecule has 0 aromatic carbocycles. The van der Waals surface area contributed by atoms with Crippen LogP contribution in [0.3, 0.4) is 0 Å². The van der Waals surface area contributed by atoms with E-state index in [1.54, 1.807) is 0 Å². The molecule has 0 amide bonds. The van der Waals surface area contributed by atoms with Crippen LogP contribution in [0.1, 0.15) is 135 Å². The molecule has 26 heavy (non-hydrogen) atoms. The third-order valence-corrected chi connectivity index (χ3v) is 7.08. The monoisotopic (exact) mass is 381 g/mol. The molecule has 0 atom stereocenters. The molecule has 157 valence electrons. The Hall–Kier alpha value is 0.217. The molecular weight excluding hydrogens is 328 g/mol. The van der Waals surface area contributed by atoms with E-state index in [0.29, 0.717) is 0 Å². The molecule has 0 fully saturated rings. The zero-order valence-electron chi connectivity index (χ0n) is 19.2. The van der Waals surface area contributed by atoms with Crippen LogP contribution in [0.4, 0.5) is 0 Å². The van der Waals surface area contributed by atoms with Crippen LogP contribution in [0.15, 0.2) is 0 Å². The molecule has 0 aliphatic rings. The standard InChI is InChI=1S/C25H53Si/c1-5-6-7-8-9-10-11-12-13-14-15-16-17-18-19-20-21-22-23-24-25-26(2,3)4/h25H,5-24H2,1-4H3. The van der Waals surface area contributed by atoms with Gasteiger partial charge < -0.3 is 0 Å². The van der Waals surface area contributed by atoms with Gasteiger partial charge in [-0.15, -0.1) is 0 Å². The lowest BCUT2D eigenvalue weighted by Crippen LogP contribution is -2.20. The maximum atomic E-state index is 2.63. The molecule has 0 aliphatic heterocycles. The quantitative estimate of drug-likeness (QED) is 0.137. The summed E-state index contributed by atoms with van der Waals surface area (Å²) in [4.78, 5) is 0. The van der Waals surface area contributed by atoms with Crippen molar-refractivity contribution in [2.24, 2.45) is 0 Å². The molecular formula is C25H53Si. The summed E-state index contributed by atoms with van der Waals surface area (Å²) in [6.07, 6.45) is 29.3. The van der Waals surface area contributed by atoms with E-state index in [-0.39, 0.29) is 0 Å². The van der Waals surface area contributed by atoms with E-state index in [2.05, 4.69) is 32.6 Å². The third-order valence-electron chi connectivity index (χ3n) is 5.56. The highest BCUT2D eigenvalue weighted by Gasteiger charge is 2.11. The number of rotatable bonds is 21. The average molecular weight is 382 g/mol. The van der Waals surface area contributed by atoms with Crippen molar-refractivity contribution >= 4 is 8.07 Å². The first kappa shape index (κ1) is 26.2. The molecule has 0 rings (SSSR count). The average Bonchev–Trinajstić information content (AvgIpc) is 2.59. The Kier molecular flexibility index (Phi) is 20.1. The number of hydrogen-bond acceptors (Lipinski definition) is 0. The van der Waals surface area contributed by atoms with Crippen LogP contribution in [-0.4, -0.2) is 8.07 Å². The fourth-order valence-electron chi connectivity index (χ4n) is 3.76. The molecule has 0 saturated carbocycles. The van der Waals surface area contributed by atoms with Gasteiger partial charge in [-0.3, -0.25) is 0 Å². The van der Waals surface area contributed by atoms with Crippen molar-refractivity contribution in [1.82, 2.24) is 0 Å². The minimum Gasteiger partial charge on any atom is -0.0693 e. The van der Waals surface area contributed by atoms with Gasteiger partial charge in [0.15, 0.2) is 0 Å². The molecule has 0 nitrogen and oxygen atoms in total. The fraction of sp³-hybridized carbons (Fsp3) is 0.960. The van der Waals surface area contributed by atoms with E-state index < -0.39 is 8.07 Å². The minimum absolute atomic E-state index is 0.896. The lowest BCUT2D eigenvalue weighted by atomic mass is 10.0. The van der Waals surface area contributed by atoms with Gasteiger partial charge >= 0.3 is 0 Å². The SMILES string of the molecule is CCCCCCCCCCCCCCCCCCCCC[CH][Si](C)(C)C. The Morgan fingerprint density at radius 3 is 0.962 bits per heavy atom. The second kappa shape index (κ2) is 20.0. The van der Waals surface area contributed by atoms with Gasteiger partial charge in [0, 0.05) is 8.07 Å². The van der Waals surface area contributed by atoms with Crippen molar-refractivity contribution in [2.45, 2.75) is 155 Å². The maximum Gasteiger partial charge on any atom is 0.0473 e. The summed E-state index contributed by atoms with van der Waals surface area (Å²) in [5, 5.41) is 0. The van der Waals surface area contributed by atoms with Crippen molar-refractivity contribution in [3.8, 4) is 0 Å². The zero-order valence-corrected chi connectivity index (χ0v) is 20.2. The molecule has 0 aliphatic carbocycles. The van der Waals surface area contributed by atoms with Gasteiger partial charge in [-0.2, -0.15) is 0 Å². The van der Waals surface area contributed by atoms with E-state index in [9.17, 15) is 0 Å². The summed E-state index contributed by atoms with van der Waals surface area (Å²) in [6.45, 7) is 9.64. The topological polar surface area (TPSA) is 0 Å². The van der Waals surface area contributed by atoms with Crippen LogP contribution < -0.4 is 0 Å². The first-order valence-corrected chi connectivity index (χ1v) is 16.0. The molecule has 0 unspecified atom stereocenters. The van der Waals surface area contributed by atoms with Crippen molar-refractivity contribution in [3.63, 3.8) is 0 Å². The molecule has 0 heterocycles. The van der Waals surface area contributed by atoms with Gasteiger partial charge in [-0.05, 0) is 6.04 Å². The van der Waals surface area contributed by atoms with Crippen molar-refractivity contribution in [3.05, 3.63) is 6.04 Å². The van der Waals surface area contributed by atoms with Gasteiger partial charge in [0.25, 0.3) is 0 Å². The highest BCUT2D eigenvalue weighted by Crippen LogP contribution is 2.16. The second-order valence-electron chi connectivity index (χ2n) is 9.72. The van der Waals surface area contributed by atoms with E-state index >= 15 is 0 Å². The summed E-state index contributed by atoms with van der Waals surface area (Å²) in [5.74, 6) is 0. The van der Waals surface area contributed by atoms with E-state index in [1.165, 1.54) is 128 Å². The van der Waals surface area contributed by atoms with Crippen LogP contribution in [0.25, 0.3) is 0 Å². The molecule has 1 radical (unpaired) electrons. The van der Waals surface area contributed by atoms with Crippen LogP contribution in [0.5, 0.6) is 0 Å². The summed E-state index contributed by atoms with van der Waals surface area (Å²) in [6, 6.07) is 2.63. The molecule has 0 spiro atoms. The second-order valence-corrected chi connectivity index (χ2v) is 14.9. The predicted octanol–water partition coefficient (Wildman–Crippen LogP) is 9.89. The smallest absolute Gasteiger partial charge is 0.0473 e. The van der Waals surface area contributed by atoms with Crippen molar-refractivity contribution in [2.75, 3.05) is 0 Å². The largest absolute Gasteiger partial charge is 0.0693 e. The summed E-state index contributed by atoms with van der Waals surface area (Å²) < 4.78 is 0. The first-order chi connectivity index (χ1) is 12.6. The highest BCUT2D eigenvalue weighted by atomic mass is 28.3. The fourth-order valence-corrected chi connectivity index (χ4v) is 4.83. The van der Waals surface area contributed by atoms with E-state index in [4.69, 9.17) is 0 Å². The Bertz CT molecular complexity index is 253. The number of unbranched alkanes of at least 4 members (excludes halogenated alkanes) is 19. The van der Waals surface area contributed by atoms with Crippen LogP contribution in [0.2, 0.25) is 19.6 Å². The van der Waals surface area contributed by atoms with Gasteiger partial charge in [-0.1, -0.05) is 155 Å². The highest BCUT2D eigenvalue weighted by molar-refractivity contribution is 6.79. The molecule has 0 saturated heterocycles. The molecule has 0 bridgehead atoms. The van der Waals surface area contributed by atoms with Crippen molar-refractivity contribution < 1.29 is 0 Å². The maximum absolute atomic E-state index is 2.63. The van der Waals surface area contributed by atoms with Crippen molar-refractivity contribution in [1.29, 1.82) is 0 Å². The Morgan fingerprint density at radius 1 is 0.423 bits per heavy atom. The molecule has 0 aromatic rings. The predicted molar refractivity (Wildman–Crippen MR) is 126 cm³/mol. The summed E-state index contributed by atoms with van der Waals surface area (Å²) >= 11 is 0. The van der Waals surface area contributed by atoms with Gasteiger partial charge in [0.2, 0.25) is 0 Å². The molecule has 1 heteroatoms. The minimum atomic E-state index is -0.896.